The highest BCUT2D eigenvalue weighted by molar-refractivity contribution is 6.82. The molecule has 0 aromatic heterocycles. The Morgan fingerprint density at radius 2 is 0.906 bits per heavy atom. The van der Waals surface area contributed by atoms with Gasteiger partial charge in [0.2, 0.25) is 12.2 Å². The maximum atomic E-state index is 15.4. The zero-order valence-electron chi connectivity index (χ0n) is 34.3. The first-order chi connectivity index (χ1) is 28.9. The Labute approximate surface area is 357 Å². The van der Waals surface area contributed by atoms with Crippen LogP contribution in [0.25, 0.3) is 0 Å². The van der Waals surface area contributed by atoms with Crippen molar-refractivity contribution in [1.82, 2.24) is 0 Å². The van der Waals surface area contributed by atoms with E-state index in [-0.39, 0.29) is 28.3 Å². The van der Waals surface area contributed by atoms with Gasteiger partial charge in [0.05, 0.1) is 16.1 Å². The van der Waals surface area contributed by atoms with Crippen LogP contribution in [0, 0.1) is 0 Å². The summed E-state index contributed by atoms with van der Waals surface area (Å²) in [7, 11) is -4.06. The van der Waals surface area contributed by atoms with Crippen molar-refractivity contribution in [3.63, 3.8) is 0 Å². The molecule has 0 radical (unpaired) electrons. The molecule has 0 aliphatic heterocycles. The number of rotatable bonds is 20. The zero-order valence-corrected chi connectivity index (χ0v) is 36.3. The van der Waals surface area contributed by atoms with Gasteiger partial charge in [0.15, 0.2) is 6.67 Å². The fourth-order valence-electron chi connectivity index (χ4n) is 5.57. The molecule has 2 aromatic rings. The van der Waals surface area contributed by atoms with Crippen LogP contribution in [0.1, 0.15) is 12.8 Å². The SMILES string of the molecule is C=C[Si](C)(C)CCCN(C(=O)C(F)(C(OC(F)(F)CF)C(F)(F)F)C(F)(F)F)c1ccccc1.C=C[Si](C)(C)CCCN(C(=O)C(F)(C(OF)C(F)(F)F)C(F)(F)F)c1ccccc1. The fourth-order valence-corrected chi connectivity index (χ4v) is 8.12. The second-order valence-corrected chi connectivity index (χ2v) is 25.2. The summed E-state index contributed by atoms with van der Waals surface area (Å²) in [4.78, 5) is 28.0. The number of carbonyl (C=O) groups is 2. The molecule has 2 aromatic carbocycles. The van der Waals surface area contributed by atoms with E-state index in [9.17, 15) is 84.4 Å². The minimum atomic E-state index is -6.65. The lowest BCUT2D eigenvalue weighted by Gasteiger charge is -2.39. The van der Waals surface area contributed by atoms with E-state index < -0.39 is 108 Å². The summed E-state index contributed by atoms with van der Waals surface area (Å²) < 4.78 is 245. The van der Waals surface area contributed by atoms with E-state index in [2.05, 4.69) is 22.8 Å². The number of nitrogens with zero attached hydrogens (tertiary/aromatic N) is 2. The van der Waals surface area contributed by atoms with Crippen molar-refractivity contribution in [2.24, 2.45) is 0 Å². The van der Waals surface area contributed by atoms with Crippen molar-refractivity contribution < 1.29 is 98.4 Å². The van der Waals surface area contributed by atoms with Crippen LogP contribution in [0.5, 0.6) is 0 Å². The van der Waals surface area contributed by atoms with Crippen LogP contribution in [0.4, 0.5) is 90.5 Å². The summed E-state index contributed by atoms with van der Waals surface area (Å²) >= 11 is 0. The Morgan fingerprint density at radius 3 is 1.16 bits per heavy atom. The molecule has 2 rings (SSSR count). The van der Waals surface area contributed by atoms with E-state index in [1.807, 2.05) is 26.2 Å². The highest BCUT2D eigenvalue weighted by Gasteiger charge is 2.77. The summed E-state index contributed by atoms with van der Waals surface area (Å²) in [6.07, 6.45) is -40.8. The minimum absolute atomic E-state index is 0.0575. The van der Waals surface area contributed by atoms with Crippen LogP contribution in [-0.2, 0) is 19.3 Å². The fraction of sp³-hybridized carbons (Fsp3) is 0.526. The average Bonchev–Trinajstić information content (AvgIpc) is 3.18. The largest absolute Gasteiger partial charge is 0.434 e. The van der Waals surface area contributed by atoms with E-state index in [0.717, 1.165) is 24.3 Å². The number of hydrogen-bond acceptors (Lipinski definition) is 4. The summed E-state index contributed by atoms with van der Waals surface area (Å²) in [5, 5.41) is 0. The number of ether oxygens (including phenoxy) is 1. The molecule has 0 aliphatic carbocycles. The third-order valence-corrected chi connectivity index (χ3v) is 14.9. The molecule has 0 bridgehead atoms. The first-order valence-corrected chi connectivity index (χ1v) is 25.1. The van der Waals surface area contributed by atoms with Crippen molar-refractivity contribution in [1.29, 1.82) is 0 Å². The summed E-state index contributed by atoms with van der Waals surface area (Å²) in [6.45, 7) is 10.5. The average molecular weight is 991 g/mol. The molecule has 0 saturated carbocycles. The lowest BCUT2D eigenvalue weighted by molar-refractivity contribution is -0.375. The highest BCUT2D eigenvalue weighted by Crippen LogP contribution is 2.48. The number of alkyl halides is 17. The Bertz CT molecular complexity index is 1810. The van der Waals surface area contributed by atoms with Crippen molar-refractivity contribution in [3.05, 3.63) is 85.2 Å². The quantitative estimate of drug-likeness (QED) is 0.0980. The van der Waals surface area contributed by atoms with Gasteiger partial charge in [-0.05, 0) is 41.6 Å². The number of amides is 2. The van der Waals surface area contributed by atoms with Crippen LogP contribution in [0.2, 0.25) is 38.3 Å². The van der Waals surface area contributed by atoms with E-state index in [1.165, 1.54) is 36.4 Å². The van der Waals surface area contributed by atoms with Gasteiger partial charge >= 0.3 is 42.2 Å². The summed E-state index contributed by atoms with van der Waals surface area (Å²) in [6, 6.07) is 12.9. The van der Waals surface area contributed by atoms with E-state index in [1.54, 1.807) is 11.4 Å². The summed E-state index contributed by atoms with van der Waals surface area (Å²) in [5.74, 6) is -5.43. The molecule has 6 nitrogen and oxygen atoms in total. The molecule has 64 heavy (non-hydrogen) atoms. The number of anilines is 2. The number of para-hydroxylation sites is 2. The van der Waals surface area contributed by atoms with E-state index in [0.29, 0.717) is 12.1 Å². The van der Waals surface area contributed by atoms with Gasteiger partial charge in [0, 0.05) is 24.5 Å². The van der Waals surface area contributed by atoms with Crippen LogP contribution in [0.15, 0.2) is 85.2 Å². The minimum Gasteiger partial charge on any atom is -0.309 e. The van der Waals surface area contributed by atoms with Gasteiger partial charge < -0.3 is 14.5 Å². The molecule has 0 fully saturated rings. The predicted molar refractivity (Wildman–Crippen MR) is 205 cm³/mol. The van der Waals surface area contributed by atoms with E-state index >= 15 is 4.39 Å². The van der Waals surface area contributed by atoms with Gasteiger partial charge in [0.25, 0.3) is 11.8 Å². The maximum absolute atomic E-state index is 15.4. The molecular weight excluding hydrogens is 947 g/mol. The lowest BCUT2D eigenvalue weighted by Crippen LogP contribution is -2.67. The third kappa shape index (κ3) is 15.0. The molecule has 0 heterocycles. The first kappa shape index (κ1) is 58.0. The second-order valence-electron chi connectivity index (χ2n) is 15.4. The standard InChI is InChI=1S/C20H23F10NO2Si.C18H21F8NO2Si/c1-4-34(2,3)12-8-11-31(14-9-6-5-7-10-14)16(32)18(24,20(28,29)30)15(19(25,26)27)33-17(22,23)13-21;1-4-30(2,3)12-8-11-27(13-9-6-5-7-10-13)15(28)16(19,18(23,24)25)14(29-26)17(20,21)22/h4-7,9-10,15H,1,8,11-13H2,2-3H3;4-7,9-10,14H,1,8,11-12H2,2-3H3. The predicted octanol–water partition coefficient (Wildman–Crippen LogP) is 12.6. The molecule has 4 unspecified atom stereocenters. The molecule has 2 amide bonds. The summed E-state index contributed by atoms with van der Waals surface area (Å²) in [5.41, 5.74) is -9.06. The van der Waals surface area contributed by atoms with Crippen molar-refractivity contribution in [3.8, 4) is 0 Å². The number of carbonyl (C=O) groups excluding carboxylic acids is 2. The van der Waals surface area contributed by atoms with Gasteiger partial charge in [0.1, 0.15) is 0 Å². The van der Waals surface area contributed by atoms with Crippen LogP contribution in [0.3, 0.4) is 0 Å². The molecule has 4 atom stereocenters. The molecular formula is C38H44F18N2O4Si2. The van der Waals surface area contributed by atoms with Gasteiger partial charge in [-0.3, -0.25) is 9.59 Å². The topological polar surface area (TPSA) is 59.1 Å². The maximum Gasteiger partial charge on any atom is 0.434 e. The van der Waals surface area contributed by atoms with Crippen molar-refractivity contribution >= 4 is 39.3 Å². The van der Waals surface area contributed by atoms with Gasteiger partial charge in [-0.2, -0.15) is 66.4 Å². The van der Waals surface area contributed by atoms with Crippen LogP contribution >= 0.6 is 0 Å². The smallest absolute Gasteiger partial charge is 0.309 e. The second kappa shape index (κ2) is 22.0. The zero-order chi connectivity index (χ0) is 50.0. The molecule has 0 spiro atoms. The van der Waals surface area contributed by atoms with Crippen LogP contribution < -0.4 is 9.80 Å². The Morgan fingerprint density at radius 1 is 0.594 bits per heavy atom. The monoisotopic (exact) mass is 990 g/mol. The number of halogens is 18. The van der Waals surface area contributed by atoms with Gasteiger partial charge in [-0.1, -0.05) is 74.7 Å². The molecule has 0 aliphatic rings. The molecule has 0 saturated heterocycles. The molecule has 0 N–H and O–H groups in total. The lowest BCUT2D eigenvalue weighted by atomic mass is 9.94. The number of hydrogen-bond donors (Lipinski definition) is 0. The van der Waals surface area contributed by atoms with Gasteiger partial charge in [-0.15, -0.1) is 24.6 Å². The highest BCUT2D eigenvalue weighted by atomic mass is 28.3. The third-order valence-electron chi connectivity index (χ3n) is 9.44. The molecule has 26 heteroatoms. The van der Waals surface area contributed by atoms with Crippen molar-refractivity contribution in [2.45, 2.75) is 105 Å². The Hall–Kier alpha value is -4.05. The van der Waals surface area contributed by atoms with E-state index in [4.69, 9.17) is 0 Å². The Kier molecular flexibility index (Phi) is 19.9. The normalized spacial score (nSPS) is 16.0. The Balaban J connectivity index is 0.000000645. The van der Waals surface area contributed by atoms with Crippen molar-refractivity contribution in [2.75, 3.05) is 29.6 Å². The first-order valence-electron chi connectivity index (χ1n) is 18.5. The number of benzene rings is 2. The van der Waals surface area contributed by atoms with Gasteiger partial charge in [-0.25, -0.2) is 13.2 Å². The van der Waals surface area contributed by atoms with Crippen LogP contribution in [-0.4, -0.2) is 102 Å². The molecule has 364 valence electrons.